The van der Waals surface area contributed by atoms with Gasteiger partial charge in [0.25, 0.3) is 5.91 Å². The van der Waals surface area contributed by atoms with Crippen molar-refractivity contribution in [2.75, 3.05) is 5.32 Å². The Balaban J connectivity index is 1.60. The molecule has 0 saturated heterocycles. The predicted molar refractivity (Wildman–Crippen MR) is 121 cm³/mol. The minimum atomic E-state index is -0.487. The van der Waals surface area contributed by atoms with Gasteiger partial charge in [-0.25, -0.2) is 4.39 Å². The summed E-state index contributed by atoms with van der Waals surface area (Å²) in [5, 5.41) is 3.45. The maximum Gasteiger partial charge on any atom is 0.259 e. The summed E-state index contributed by atoms with van der Waals surface area (Å²) in [7, 11) is 0. The Hall–Kier alpha value is -3.39. The molecule has 0 fully saturated rings. The van der Waals surface area contributed by atoms with Crippen LogP contribution in [0.2, 0.25) is 10.0 Å². The number of ketones is 1. The summed E-state index contributed by atoms with van der Waals surface area (Å²) in [6.45, 7) is 0. The molecule has 1 aliphatic heterocycles. The quantitative estimate of drug-likeness (QED) is 0.298. The molecule has 1 amide bonds. The van der Waals surface area contributed by atoms with Crippen LogP contribution in [0, 0.1) is 17.7 Å². The predicted octanol–water partition coefficient (Wildman–Crippen LogP) is 5.95. The third-order valence-electron chi connectivity index (χ3n) is 4.69. The first-order valence-electron chi connectivity index (χ1n) is 9.31. The topological polar surface area (TPSA) is 46.2 Å². The summed E-state index contributed by atoms with van der Waals surface area (Å²) in [6, 6.07) is 16.0. The van der Waals surface area contributed by atoms with E-state index in [0.717, 1.165) is 5.56 Å². The molecule has 6 heteroatoms. The first-order valence-corrected chi connectivity index (χ1v) is 10.1. The Bertz CT molecular complexity index is 1300. The largest absolute Gasteiger partial charge is 0.321 e. The van der Waals surface area contributed by atoms with E-state index >= 15 is 0 Å². The van der Waals surface area contributed by atoms with Gasteiger partial charge in [-0.3, -0.25) is 9.59 Å². The van der Waals surface area contributed by atoms with Crippen molar-refractivity contribution in [1.82, 2.24) is 0 Å². The van der Waals surface area contributed by atoms with Crippen molar-refractivity contribution in [3.63, 3.8) is 0 Å². The number of hydrogen-bond donors (Lipinski definition) is 1. The number of carbonyl (C=O) groups is 2. The highest BCUT2D eigenvalue weighted by Crippen LogP contribution is 2.29. The molecule has 1 heterocycles. The number of halogens is 3. The highest BCUT2D eigenvalue weighted by Gasteiger charge is 2.28. The van der Waals surface area contributed by atoms with Crippen LogP contribution in [0.25, 0.3) is 6.08 Å². The van der Waals surface area contributed by atoms with Crippen LogP contribution >= 0.6 is 23.2 Å². The molecule has 4 rings (SSSR count). The van der Waals surface area contributed by atoms with E-state index < -0.39 is 11.7 Å². The zero-order valence-corrected chi connectivity index (χ0v) is 17.5. The smallest absolute Gasteiger partial charge is 0.259 e. The number of hydrogen-bond acceptors (Lipinski definition) is 2. The van der Waals surface area contributed by atoms with Gasteiger partial charge in [-0.1, -0.05) is 53.2 Å². The SMILES string of the molecule is O=C1Nc2ccc(C#CCc3ccc(F)cc3)cc2C(=O)/C1=C\c1ccc(Cl)c(Cl)c1. The van der Waals surface area contributed by atoms with Crippen LogP contribution in [0.15, 0.2) is 66.2 Å². The summed E-state index contributed by atoms with van der Waals surface area (Å²) in [6.07, 6.45) is 1.93. The monoisotopic (exact) mass is 449 g/mol. The average Bonchev–Trinajstić information content (AvgIpc) is 2.75. The van der Waals surface area contributed by atoms with Gasteiger partial charge >= 0.3 is 0 Å². The Labute approximate surface area is 188 Å². The van der Waals surface area contributed by atoms with Crippen molar-refractivity contribution in [2.45, 2.75) is 6.42 Å². The fourth-order valence-corrected chi connectivity index (χ4v) is 3.41. The maximum absolute atomic E-state index is 13.0. The molecule has 0 saturated carbocycles. The van der Waals surface area contributed by atoms with Crippen molar-refractivity contribution in [1.29, 1.82) is 0 Å². The van der Waals surface area contributed by atoms with Crippen molar-refractivity contribution in [2.24, 2.45) is 0 Å². The number of Topliss-reactive ketones (excluding diaryl/α,β-unsaturated/α-hetero) is 1. The Morgan fingerprint density at radius 1 is 0.935 bits per heavy atom. The highest BCUT2D eigenvalue weighted by atomic mass is 35.5. The first-order chi connectivity index (χ1) is 14.9. The van der Waals surface area contributed by atoms with Gasteiger partial charge in [0.05, 0.1) is 21.3 Å². The van der Waals surface area contributed by atoms with Crippen molar-refractivity contribution in [3.05, 3.63) is 104 Å². The molecule has 3 nitrogen and oxygen atoms in total. The number of rotatable bonds is 2. The lowest BCUT2D eigenvalue weighted by Gasteiger charge is -2.18. The van der Waals surface area contributed by atoms with Gasteiger partial charge in [-0.05, 0) is 59.7 Å². The fourth-order valence-electron chi connectivity index (χ4n) is 3.11. The molecule has 0 radical (unpaired) electrons. The Morgan fingerprint density at radius 2 is 1.71 bits per heavy atom. The molecule has 31 heavy (non-hydrogen) atoms. The Morgan fingerprint density at radius 3 is 2.45 bits per heavy atom. The number of carbonyl (C=O) groups excluding carboxylic acids is 2. The molecular weight excluding hydrogens is 436 g/mol. The maximum atomic E-state index is 13.0. The van der Waals surface area contributed by atoms with Crippen molar-refractivity contribution >= 4 is 46.7 Å². The van der Waals surface area contributed by atoms with Crippen molar-refractivity contribution in [3.8, 4) is 11.8 Å². The van der Waals surface area contributed by atoms with Crippen LogP contribution in [0.3, 0.4) is 0 Å². The summed E-state index contributed by atoms with van der Waals surface area (Å²) < 4.78 is 13.0. The summed E-state index contributed by atoms with van der Waals surface area (Å²) >= 11 is 12.0. The zero-order chi connectivity index (χ0) is 22.0. The van der Waals surface area contributed by atoms with Crippen LogP contribution in [0.4, 0.5) is 10.1 Å². The molecule has 0 bridgehead atoms. The lowest BCUT2D eigenvalue weighted by molar-refractivity contribution is -0.112. The van der Waals surface area contributed by atoms with E-state index in [1.807, 2.05) is 0 Å². The van der Waals surface area contributed by atoms with Crippen molar-refractivity contribution < 1.29 is 14.0 Å². The van der Waals surface area contributed by atoms with Crippen LogP contribution in [0.1, 0.15) is 27.0 Å². The van der Waals surface area contributed by atoms with Crippen LogP contribution in [-0.4, -0.2) is 11.7 Å². The Kier molecular flexibility index (Phi) is 5.90. The first kappa shape index (κ1) is 20.9. The number of benzene rings is 3. The minimum absolute atomic E-state index is 0.00214. The van der Waals surface area contributed by atoms with E-state index in [1.54, 1.807) is 48.5 Å². The van der Waals surface area contributed by atoms with Crippen LogP contribution in [0.5, 0.6) is 0 Å². The number of amides is 1. The van der Waals surface area contributed by atoms with Gasteiger partial charge in [0.15, 0.2) is 0 Å². The third-order valence-corrected chi connectivity index (χ3v) is 5.43. The van der Waals surface area contributed by atoms with Crippen LogP contribution < -0.4 is 5.32 Å². The van der Waals surface area contributed by atoms with E-state index in [-0.39, 0.29) is 11.4 Å². The standard InChI is InChI=1S/C25H14Cl2FNO2/c26-21-10-6-17(14-22(21)27)13-20-24(30)19-12-16(7-11-23(19)29-25(20)31)3-1-2-15-4-8-18(28)9-5-15/h4-14H,2H2,(H,29,31)/b20-13+. The molecular formula is C25H14Cl2FNO2. The number of nitrogens with one attached hydrogen (secondary N) is 1. The van der Waals surface area contributed by atoms with Gasteiger partial charge < -0.3 is 5.32 Å². The second-order valence-electron chi connectivity index (χ2n) is 6.88. The molecule has 1 N–H and O–H groups in total. The lowest BCUT2D eigenvalue weighted by Crippen LogP contribution is -2.27. The molecule has 0 aliphatic carbocycles. The highest BCUT2D eigenvalue weighted by molar-refractivity contribution is 6.42. The molecule has 0 aromatic heterocycles. The molecule has 1 aliphatic rings. The fraction of sp³-hybridized carbons (Fsp3) is 0.0400. The normalized spacial score (nSPS) is 14.0. The second-order valence-corrected chi connectivity index (χ2v) is 7.69. The van der Waals surface area contributed by atoms with Crippen LogP contribution in [-0.2, 0) is 11.2 Å². The molecule has 3 aromatic rings. The summed E-state index contributed by atoms with van der Waals surface area (Å²) in [5.41, 5.74) is 2.92. The third kappa shape index (κ3) is 4.69. The molecule has 0 unspecified atom stereocenters. The van der Waals surface area contributed by atoms with E-state index in [4.69, 9.17) is 23.2 Å². The molecule has 3 aromatic carbocycles. The zero-order valence-electron chi connectivity index (χ0n) is 16.0. The molecule has 0 spiro atoms. The second kappa shape index (κ2) is 8.77. The minimum Gasteiger partial charge on any atom is -0.321 e. The van der Waals surface area contributed by atoms with E-state index in [1.165, 1.54) is 18.2 Å². The molecule has 152 valence electrons. The summed E-state index contributed by atoms with van der Waals surface area (Å²) in [5.74, 6) is 4.85. The molecule has 0 atom stereocenters. The van der Waals surface area contributed by atoms with Gasteiger partial charge in [0, 0.05) is 17.5 Å². The van der Waals surface area contributed by atoms with E-state index in [9.17, 15) is 14.0 Å². The lowest BCUT2D eigenvalue weighted by atomic mass is 9.94. The van der Waals surface area contributed by atoms with Gasteiger partial charge in [-0.2, -0.15) is 0 Å². The van der Waals surface area contributed by atoms with Gasteiger partial charge in [0.2, 0.25) is 5.78 Å². The number of fused-ring (bicyclic) bond motifs is 1. The average molecular weight is 450 g/mol. The van der Waals surface area contributed by atoms with Gasteiger partial charge in [-0.15, -0.1) is 0 Å². The van der Waals surface area contributed by atoms with E-state index in [2.05, 4.69) is 17.2 Å². The van der Waals surface area contributed by atoms with E-state index in [0.29, 0.717) is 38.8 Å². The number of anilines is 1. The summed E-state index contributed by atoms with van der Waals surface area (Å²) in [4.78, 5) is 25.4. The van der Waals surface area contributed by atoms with Gasteiger partial charge in [0.1, 0.15) is 5.82 Å².